The number of hydrogen-bond donors (Lipinski definition) is 2. The Morgan fingerprint density at radius 1 is 0.857 bits per heavy atom. The number of nitrogens with zero attached hydrogens (tertiary/aromatic N) is 1. The van der Waals surface area contributed by atoms with Gasteiger partial charge in [-0.15, -0.1) is 0 Å². The van der Waals surface area contributed by atoms with Gasteiger partial charge in [-0.25, -0.2) is 0 Å². The summed E-state index contributed by atoms with van der Waals surface area (Å²) in [5.41, 5.74) is 2.63. The van der Waals surface area contributed by atoms with Gasteiger partial charge >= 0.3 is 5.97 Å². The molecule has 0 saturated carbocycles. The number of carbonyl (C=O) groups excluding carboxylic acids is 2. The van der Waals surface area contributed by atoms with E-state index in [1.54, 1.807) is 24.3 Å². The van der Waals surface area contributed by atoms with Crippen LogP contribution in [0.1, 0.15) is 46.8 Å². The molecule has 182 valence electrons. The summed E-state index contributed by atoms with van der Waals surface area (Å²) in [4.78, 5) is 38.4. The maximum atomic E-state index is 13.7. The van der Waals surface area contributed by atoms with Gasteiger partial charge in [0.15, 0.2) is 0 Å². The van der Waals surface area contributed by atoms with Gasteiger partial charge in [-0.1, -0.05) is 72.3 Å². The Morgan fingerprint density at radius 2 is 1.49 bits per heavy atom. The van der Waals surface area contributed by atoms with Crippen LogP contribution in [0.5, 0.6) is 0 Å². The molecule has 0 bridgehead atoms. The molecule has 7 heteroatoms. The van der Waals surface area contributed by atoms with E-state index in [-0.39, 0.29) is 37.2 Å². The van der Waals surface area contributed by atoms with Crippen LogP contribution < -0.4 is 5.32 Å². The van der Waals surface area contributed by atoms with Crippen molar-refractivity contribution in [2.45, 2.75) is 31.7 Å². The van der Waals surface area contributed by atoms with Crippen LogP contribution in [0.25, 0.3) is 0 Å². The first-order valence-electron chi connectivity index (χ1n) is 11.6. The van der Waals surface area contributed by atoms with Crippen LogP contribution >= 0.6 is 11.6 Å². The van der Waals surface area contributed by atoms with Crippen molar-refractivity contribution in [2.24, 2.45) is 0 Å². The lowest BCUT2D eigenvalue weighted by Crippen LogP contribution is -2.37. The van der Waals surface area contributed by atoms with Crippen LogP contribution in [0.4, 0.5) is 0 Å². The van der Waals surface area contributed by atoms with Crippen molar-refractivity contribution in [2.75, 3.05) is 13.1 Å². The lowest BCUT2D eigenvalue weighted by Gasteiger charge is -2.33. The second-order valence-corrected chi connectivity index (χ2v) is 8.66. The molecule has 3 aromatic rings. The smallest absolute Gasteiger partial charge is 0.305 e. The molecule has 2 amide bonds. The van der Waals surface area contributed by atoms with Gasteiger partial charge in [-0.2, -0.15) is 0 Å². The molecule has 0 aliphatic rings. The quantitative estimate of drug-likeness (QED) is 0.366. The summed E-state index contributed by atoms with van der Waals surface area (Å²) in [5.74, 6) is -1.33. The van der Waals surface area contributed by atoms with Gasteiger partial charge in [0.25, 0.3) is 5.91 Å². The minimum absolute atomic E-state index is 0.0855. The molecule has 0 fully saturated rings. The van der Waals surface area contributed by atoms with Crippen molar-refractivity contribution in [3.8, 4) is 0 Å². The Labute approximate surface area is 210 Å². The molecule has 35 heavy (non-hydrogen) atoms. The molecule has 2 N–H and O–H groups in total. The maximum Gasteiger partial charge on any atom is 0.305 e. The summed E-state index contributed by atoms with van der Waals surface area (Å²) in [6.07, 6.45) is 1.13. The fraction of sp³-hybridized carbons (Fsp3) is 0.250. The third-order valence-electron chi connectivity index (χ3n) is 5.65. The molecule has 0 radical (unpaired) electrons. The predicted molar refractivity (Wildman–Crippen MR) is 136 cm³/mol. The average molecular weight is 493 g/mol. The van der Waals surface area contributed by atoms with Crippen LogP contribution in [-0.4, -0.2) is 40.9 Å². The number of carbonyl (C=O) groups is 3. The van der Waals surface area contributed by atoms with E-state index in [0.29, 0.717) is 30.0 Å². The van der Waals surface area contributed by atoms with Crippen molar-refractivity contribution < 1.29 is 19.5 Å². The third-order valence-corrected chi connectivity index (χ3v) is 5.90. The van der Waals surface area contributed by atoms with Gasteiger partial charge in [0.1, 0.15) is 0 Å². The molecular weight excluding hydrogens is 464 g/mol. The van der Waals surface area contributed by atoms with E-state index in [0.717, 1.165) is 11.1 Å². The molecule has 1 atom stereocenters. The first-order valence-corrected chi connectivity index (χ1v) is 12.0. The van der Waals surface area contributed by atoms with Crippen molar-refractivity contribution in [3.05, 3.63) is 107 Å². The molecule has 6 nitrogen and oxygen atoms in total. The molecule has 0 aliphatic heterocycles. The van der Waals surface area contributed by atoms with Gasteiger partial charge in [-0.05, 0) is 48.2 Å². The molecule has 0 spiro atoms. The van der Waals surface area contributed by atoms with Gasteiger partial charge < -0.3 is 15.3 Å². The summed E-state index contributed by atoms with van der Waals surface area (Å²) >= 11 is 6.04. The van der Waals surface area contributed by atoms with Crippen LogP contribution in [0.3, 0.4) is 0 Å². The number of halogens is 1. The summed E-state index contributed by atoms with van der Waals surface area (Å²) in [6, 6.07) is 26.4. The zero-order valence-corrected chi connectivity index (χ0v) is 20.2. The fourth-order valence-electron chi connectivity index (χ4n) is 3.88. The van der Waals surface area contributed by atoms with Gasteiger partial charge in [-0.3, -0.25) is 14.4 Å². The molecule has 0 aliphatic carbocycles. The van der Waals surface area contributed by atoms with Crippen LogP contribution in [0.15, 0.2) is 84.9 Å². The van der Waals surface area contributed by atoms with Crippen molar-refractivity contribution in [1.29, 1.82) is 0 Å². The first-order chi connectivity index (χ1) is 16.9. The molecule has 0 aromatic heterocycles. The van der Waals surface area contributed by atoms with E-state index in [9.17, 15) is 14.4 Å². The first kappa shape index (κ1) is 26.0. The molecule has 0 saturated heterocycles. The predicted octanol–water partition coefficient (Wildman–Crippen LogP) is 5.14. The normalized spacial score (nSPS) is 11.5. The summed E-state index contributed by atoms with van der Waals surface area (Å²) in [7, 11) is 0. The molecule has 1 unspecified atom stereocenters. The lowest BCUT2D eigenvalue weighted by atomic mass is 9.96. The van der Waals surface area contributed by atoms with Crippen LogP contribution in [-0.2, 0) is 16.0 Å². The van der Waals surface area contributed by atoms with E-state index in [1.165, 1.54) is 0 Å². The van der Waals surface area contributed by atoms with E-state index >= 15 is 0 Å². The van der Waals surface area contributed by atoms with Gasteiger partial charge in [0.2, 0.25) is 5.91 Å². The number of nitrogens with one attached hydrogen (secondary N) is 1. The SMILES string of the molecule is O=C(O)CCNC(=O)CCCN(C(=O)c1ccc(Cl)cc1)C(Cc1ccccc1)c1ccccc1. The highest BCUT2D eigenvalue weighted by Crippen LogP contribution is 2.28. The Kier molecular flexibility index (Phi) is 9.87. The molecule has 3 rings (SSSR count). The summed E-state index contributed by atoms with van der Waals surface area (Å²) < 4.78 is 0. The summed E-state index contributed by atoms with van der Waals surface area (Å²) in [5, 5.41) is 11.9. The maximum absolute atomic E-state index is 13.7. The number of aliphatic carboxylic acids is 1. The second kappa shape index (κ2) is 13.3. The highest BCUT2D eigenvalue weighted by Gasteiger charge is 2.26. The Morgan fingerprint density at radius 3 is 2.11 bits per heavy atom. The number of amides is 2. The Hall–Kier alpha value is -3.64. The lowest BCUT2D eigenvalue weighted by molar-refractivity contribution is -0.136. The van der Waals surface area contributed by atoms with Gasteiger partial charge in [0.05, 0.1) is 12.5 Å². The van der Waals surface area contributed by atoms with Crippen LogP contribution in [0, 0.1) is 0 Å². The topological polar surface area (TPSA) is 86.7 Å². The average Bonchev–Trinajstić information content (AvgIpc) is 2.86. The second-order valence-electron chi connectivity index (χ2n) is 8.22. The highest BCUT2D eigenvalue weighted by molar-refractivity contribution is 6.30. The number of benzene rings is 3. The van der Waals surface area contributed by atoms with Crippen molar-refractivity contribution >= 4 is 29.4 Å². The molecule has 3 aromatic carbocycles. The van der Waals surface area contributed by atoms with Crippen molar-refractivity contribution in [1.82, 2.24) is 10.2 Å². The third kappa shape index (κ3) is 8.26. The molecular formula is C28H29ClN2O4. The number of rotatable bonds is 12. The van der Waals surface area contributed by atoms with E-state index in [4.69, 9.17) is 16.7 Å². The number of carboxylic acid groups (broad SMARTS) is 1. The van der Waals surface area contributed by atoms with E-state index in [1.807, 2.05) is 65.6 Å². The molecule has 0 heterocycles. The van der Waals surface area contributed by atoms with Crippen molar-refractivity contribution in [3.63, 3.8) is 0 Å². The monoisotopic (exact) mass is 492 g/mol. The van der Waals surface area contributed by atoms with Gasteiger partial charge in [0, 0.05) is 30.1 Å². The highest BCUT2D eigenvalue weighted by atomic mass is 35.5. The largest absolute Gasteiger partial charge is 0.481 e. The minimum Gasteiger partial charge on any atom is -0.481 e. The zero-order valence-electron chi connectivity index (χ0n) is 19.4. The number of hydrogen-bond acceptors (Lipinski definition) is 3. The summed E-state index contributed by atoms with van der Waals surface area (Å²) in [6.45, 7) is 0.447. The van der Waals surface area contributed by atoms with Crippen LogP contribution in [0.2, 0.25) is 5.02 Å². The van der Waals surface area contributed by atoms with E-state index < -0.39 is 5.97 Å². The zero-order chi connectivity index (χ0) is 25.0. The standard InChI is InChI=1S/C28H29ClN2O4/c29-24-15-13-23(14-16-24)28(35)31(19-7-12-26(32)30-18-17-27(33)34)25(22-10-5-2-6-11-22)20-21-8-3-1-4-9-21/h1-6,8-11,13-16,25H,7,12,17-20H2,(H,30,32)(H,33,34). The number of carboxylic acids is 1. The Balaban J connectivity index is 1.83. The Bertz CT molecular complexity index is 1100. The fourth-order valence-corrected chi connectivity index (χ4v) is 4.01. The minimum atomic E-state index is -0.961. The van der Waals surface area contributed by atoms with E-state index in [2.05, 4.69) is 5.32 Å².